The van der Waals surface area contributed by atoms with Gasteiger partial charge in [0, 0.05) is 6.61 Å². The van der Waals surface area contributed by atoms with Crippen LogP contribution in [-0.2, 0) is 4.74 Å². The van der Waals surface area contributed by atoms with Crippen LogP contribution >= 0.6 is 0 Å². The van der Waals surface area contributed by atoms with Gasteiger partial charge in [0.1, 0.15) is 0 Å². The van der Waals surface area contributed by atoms with Gasteiger partial charge in [0.05, 0.1) is 12.6 Å². The van der Waals surface area contributed by atoms with Crippen molar-refractivity contribution in [2.75, 3.05) is 13.2 Å². The Morgan fingerprint density at radius 1 is 1.40 bits per heavy atom. The number of hydrogen-bond donors (Lipinski definition) is 2. The van der Waals surface area contributed by atoms with Gasteiger partial charge in [-0.15, -0.1) is 0 Å². The maximum Gasteiger partial charge on any atom is 0.0775 e. The summed E-state index contributed by atoms with van der Waals surface area (Å²) in [5.41, 5.74) is 0. The number of hydrogen-bond acceptors (Lipinski definition) is 4. The summed E-state index contributed by atoms with van der Waals surface area (Å²) in [4.78, 5) is 0. The van der Waals surface area contributed by atoms with E-state index in [0.29, 0.717) is 6.61 Å². The molecule has 0 saturated carbocycles. The van der Waals surface area contributed by atoms with E-state index in [-0.39, 0.29) is 17.9 Å². The molecule has 4 nitrogen and oxygen atoms in total. The van der Waals surface area contributed by atoms with Crippen LogP contribution in [0.3, 0.4) is 0 Å². The van der Waals surface area contributed by atoms with Gasteiger partial charge in [0.2, 0.25) is 0 Å². The molecule has 0 rings (SSSR count). The normalized spacial score (nSPS) is 14.1. The van der Waals surface area contributed by atoms with E-state index in [1.165, 1.54) is 0 Å². The molecular weight excluding hydrogens is 134 g/mol. The minimum atomic E-state index is -0.0833. The fourth-order valence-corrected chi connectivity index (χ4v) is 0.717. The molecule has 10 heavy (non-hydrogen) atoms. The van der Waals surface area contributed by atoms with Crippen molar-refractivity contribution in [1.29, 1.82) is 0 Å². The molecule has 2 N–H and O–H groups in total. The SMILES string of the molecule is CCOC(CC)CN(O)O. The van der Waals surface area contributed by atoms with Crippen molar-refractivity contribution < 1.29 is 15.2 Å². The Kier molecular flexibility index (Phi) is 5.52. The van der Waals surface area contributed by atoms with Crippen LogP contribution in [-0.4, -0.2) is 34.9 Å². The number of ether oxygens (including phenoxy) is 1. The first-order valence-corrected chi connectivity index (χ1v) is 3.47. The molecule has 0 heterocycles. The van der Waals surface area contributed by atoms with E-state index >= 15 is 0 Å². The second-order valence-corrected chi connectivity index (χ2v) is 2.04. The van der Waals surface area contributed by atoms with E-state index in [1.54, 1.807) is 0 Å². The average Bonchev–Trinajstić information content (AvgIpc) is 1.86. The largest absolute Gasteiger partial charge is 0.377 e. The summed E-state index contributed by atoms with van der Waals surface area (Å²) < 4.78 is 5.14. The molecular formula is C6H15NO3. The first-order chi connectivity index (χ1) is 4.70. The van der Waals surface area contributed by atoms with Crippen molar-refractivity contribution in [3.63, 3.8) is 0 Å². The lowest BCUT2D eigenvalue weighted by atomic mass is 10.3. The lowest BCUT2D eigenvalue weighted by molar-refractivity contribution is -0.316. The molecule has 1 unspecified atom stereocenters. The summed E-state index contributed by atoms with van der Waals surface area (Å²) in [7, 11) is 0. The van der Waals surface area contributed by atoms with Gasteiger partial charge in [-0.3, -0.25) is 10.4 Å². The van der Waals surface area contributed by atoms with Crippen molar-refractivity contribution >= 4 is 0 Å². The van der Waals surface area contributed by atoms with Crippen molar-refractivity contribution in [2.45, 2.75) is 26.4 Å². The minimum Gasteiger partial charge on any atom is -0.377 e. The molecule has 1 atom stereocenters. The standard InChI is InChI=1S/C6H15NO3/c1-3-6(10-4-2)5-7(8)9/h6,8-9H,3-5H2,1-2H3. The molecule has 0 aromatic rings. The van der Waals surface area contributed by atoms with Crippen LogP contribution in [0.25, 0.3) is 0 Å². The molecule has 0 fully saturated rings. The second kappa shape index (κ2) is 5.61. The Bertz CT molecular complexity index is 77.4. The Balaban J connectivity index is 3.39. The predicted molar refractivity (Wildman–Crippen MR) is 36.0 cm³/mol. The van der Waals surface area contributed by atoms with Gasteiger partial charge in [0.25, 0.3) is 0 Å². The third-order valence-corrected chi connectivity index (χ3v) is 1.22. The molecule has 0 aliphatic rings. The van der Waals surface area contributed by atoms with E-state index in [2.05, 4.69) is 0 Å². The number of nitrogens with zero attached hydrogens (tertiary/aromatic N) is 1. The van der Waals surface area contributed by atoms with Crippen LogP contribution in [0.4, 0.5) is 0 Å². The first-order valence-electron chi connectivity index (χ1n) is 3.47. The second-order valence-electron chi connectivity index (χ2n) is 2.04. The summed E-state index contributed by atoms with van der Waals surface area (Å²) in [6.45, 7) is 4.56. The highest BCUT2D eigenvalue weighted by atomic mass is 16.8. The molecule has 0 saturated heterocycles. The number of hydroxylamine groups is 2. The van der Waals surface area contributed by atoms with E-state index in [1.807, 2.05) is 13.8 Å². The Morgan fingerprint density at radius 3 is 2.30 bits per heavy atom. The molecule has 0 aromatic carbocycles. The molecule has 0 radical (unpaired) electrons. The summed E-state index contributed by atoms with van der Waals surface area (Å²) in [5, 5.41) is 16.9. The van der Waals surface area contributed by atoms with E-state index in [4.69, 9.17) is 15.2 Å². The molecule has 0 aliphatic heterocycles. The van der Waals surface area contributed by atoms with Gasteiger partial charge in [-0.05, 0) is 13.3 Å². The molecule has 4 heteroatoms. The van der Waals surface area contributed by atoms with Crippen LogP contribution in [0.5, 0.6) is 0 Å². The van der Waals surface area contributed by atoms with Crippen molar-refractivity contribution in [3.05, 3.63) is 0 Å². The van der Waals surface area contributed by atoms with Crippen LogP contribution in [0.2, 0.25) is 0 Å². The lowest BCUT2D eigenvalue weighted by Crippen LogP contribution is -2.28. The van der Waals surface area contributed by atoms with Crippen LogP contribution in [0.1, 0.15) is 20.3 Å². The molecule has 0 aliphatic carbocycles. The summed E-state index contributed by atoms with van der Waals surface area (Å²) in [5.74, 6) is 0. The topological polar surface area (TPSA) is 52.9 Å². The summed E-state index contributed by atoms with van der Waals surface area (Å²) in [6.07, 6.45) is 0.700. The molecule has 0 amide bonds. The quantitative estimate of drug-likeness (QED) is 0.570. The van der Waals surface area contributed by atoms with Gasteiger partial charge in [0.15, 0.2) is 0 Å². The monoisotopic (exact) mass is 149 g/mol. The maximum atomic E-state index is 8.39. The summed E-state index contributed by atoms with van der Waals surface area (Å²) in [6, 6.07) is 0. The zero-order chi connectivity index (χ0) is 7.98. The molecule has 62 valence electrons. The van der Waals surface area contributed by atoms with E-state index in [0.717, 1.165) is 6.42 Å². The van der Waals surface area contributed by atoms with Crippen LogP contribution in [0.15, 0.2) is 0 Å². The zero-order valence-electron chi connectivity index (χ0n) is 6.45. The van der Waals surface area contributed by atoms with Crippen molar-refractivity contribution in [1.82, 2.24) is 5.23 Å². The minimum absolute atomic E-state index is 0.0833. The van der Waals surface area contributed by atoms with Crippen molar-refractivity contribution in [3.8, 4) is 0 Å². The van der Waals surface area contributed by atoms with E-state index in [9.17, 15) is 0 Å². The maximum absolute atomic E-state index is 8.39. The molecule has 0 aromatic heterocycles. The number of rotatable bonds is 5. The average molecular weight is 149 g/mol. The fraction of sp³-hybridized carbons (Fsp3) is 1.00. The smallest absolute Gasteiger partial charge is 0.0775 e. The highest BCUT2D eigenvalue weighted by Gasteiger charge is 2.07. The highest BCUT2D eigenvalue weighted by molar-refractivity contribution is 4.53. The zero-order valence-corrected chi connectivity index (χ0v) is 6.45. The van der Waals surface area contributed by atoms with Gasteiger partial charge in [-0.2, -0.15) is 0 Å². The van der Waals surface area contributed by atoms with Gasteiger partial charge in [-0.1, -0.05) is 12.2 Å². The third-order valence-electron chi connectivity index (χ3n) is 1.22. The van der Waals surface area contributed by atoms with Gasteiger partial charge < -0.3 is 4.74 Å². The Labute approximate surface area is 60.9 Å². The fourth-order valence-electron chi connectivity index (χ4n) is 0.717. The van der Waals surface area contributed by atoms with Crippen LogP contribution < -0.4 is 0 Å². The Morgan fingerprint density at radius 2 is 2.00 bits per heavy atom. The van der Waals surface area contributed by atoms with Gasteiger partial charge >= 0.3 is 0 Å². The van der Waals surface area contributed by atoms with Gasteiger partial charge in [-0.25, -0.2) is 0 Å². The Hall–Kier alpha value is -0.160. The summed E-state index contributed by atoms with van der Waals surface area (Å²) >= 11 is 0. The van der Waals surface area contributed by atoms with Crippen molar-refractivity contribution in [2.24, 2.45) is 0 Å². The lowest BCUT2D eigenvalue weighted by Gasteiger charge is -2.16. The molecule has 0 spiro atoms. The first kappa shape index (κ1) is 9.84. The third kappa shape index (κ3) is 4.69. The highest BCUT2D eigenvalue weighted by Crippen LogP contribution is 1.97. The van der Waals surface area contributed by atoms with E-state index < -0.39 is 0 Å². The molecule has 0 bridgehead atoms. The predicted octanol–water partition coefficient (Wildman–Crippen LogP) is 0.882. The van der Waals surface area contributed by atoms with Crippen LogP contribution in [0, 0.1) is 0 Å².